The van der Waals surface area contributed by atoms with Gasteiger partial charge in [0.05, 0.1) is 18.6 Å². The molecule has 1 atom stereocenters. The molecule has 0 amide bonds. The molecule has 0 saturated heterocycles. The summed E-state index contributed by atoms with van der Waals surface area (Å²) in [4.78, 5) is 0. The van der Waals surface area contributed by atoms with Crippen LogP contribution in [0.4, 0.5) is 0 Å². The van der Waals surface area contributed by atoms with Crippen LogP contribution in [-0.2, 0) is 0 Å². The molecular weight excluding hydrogens is 138 g/mol. The molecule has 0 saturated carbocycles. The van der Waals surface area contributed by atoms with Gasteiger partial charge in [-0.2, -0.15) is 5.26 Å². The molecule has 0 aromatic heterocycles. The van der Waals surface area contributed by atoms with E-state index >= 15 is 0 Å². The minimum Gasteiger partial charge on any atom is -0.395 e. The molecular formula is C9H17NO. The van der Waals surface area contributed by atoms with Gasteiger partial charge in [0, 0.05) is 0 Å². The average Bonchev–Trinajstić information content (AvgIpc) is 1.98. The molecule has 0 rings (SSSR count). The minimum absolute atomic E-state index is 0.00853. The maximum Gasteiger partial charge on any atom is 0.0694 e. The van der Waals surface area contributed by atoms with Gasteiger partial charge in [-0.05, 0) is 12.3 Å². The Kier molecular flexibility index (Phi) is 5.87. The van der Waals surface area contributed by atoms with E-state index < -0.39 is 0 Å². The van der Waals surface area contributed by atoms with Crippen molar-refractivity contribution in [3.8, 4) is 6.07 Å². The van der Waals surface area contributed by atoms with Crippen molar-refractivity contribution in [2.45, 2.75) is 33.1 Å². The summed E-state index contributed by atoms with van der Waals surface area (Å²) in [6, 6.07) is 2.08. The molecule has 0 bridgehead atoms. The van der Waals surface area contributed by atoms with Crippen LogP contribution in [0.2, 0.25) is 0 Å². The van der Waals surface area contributed by atoms with Gasteiger partial charge in [-0.15, -0.1) is 0 Å². The number of nitrogens with zero attached hydrogens (tertiary/aromatic N) is 1. The highest BCUT2D eigenvalue weighted by atomic mass is 16.3. The Morgan fingerprint density at radius 1 is 1.36 bits per heavy atom. The molecule has 0 aromatic rings. The molecule has 1 unspecified atom stereocenters. The highest BCUT2D eigenvalue weighted by Gasteiger charge is 2.04. The summed E-state index contributed by atoms with van der Waals surface area (Å²) in [6.07, 6.45) is 3.04. The van der Waals surface area contributed by atoms with Crippen molar-refractivity contribution in [1.82, 2.24) is 0 Å². The quantitative estimate of drug-likeness (QED) is 0.659. The number of aliphatic hydroxyl groups is 1. The molecule has 0 fully saturated rings. The fourth-order valence-electron chi connectivity index (χ4n) is 0.969. The third-order valence-electron chi connectivity index (χ3n) is 1.74. The molecule has 0 aliphatic heterocycles. The lowest BCUT2D eigenvalue weighted by Crippen LogP contribution is -2.03. The summed E-state index contributed by atoms with van der Waals surface area (Å²) in [5.41, 5.74) is 0. The van der Waals surface area contributed by atoms with E-state index in [2.05, 4.69) is 19.9 Å². The molecule has 1 N–H and O–H groups in total. The third-order valence-corrected chi connectivity index (χ3v) is 1.74. The smallest absolute Gasteiger partial charge is 0.0694 e. The SMILES string of the molecule is CC(C)CCCC(C#N)CO. The predicted molar refractivity (Wildman–Crippen MR) is 44.9 cm³/mol. The summed E-state index contributed by atoms with van der Waals surface area (Å²) in [6.45, 7) is 4.34. The van der Waals surface area contributed by atoms with E-state index in [-0.39, 0.29) is 12.5 Å². The standard InChI is InChI=1S/C9H17NO/c1-8(2)4-3-5-9(6-10)7-11/h8-9,11H,3-5,7H2,1-2H3. The van der Waals surface area contributed by atoms with Crippen LogP contribution in [0.5, 0.6) is 0 Å². The van der Waals surface area contributed by atoms with E-state index in [1.165, 1.54) is 0 Å². The van der Waals surface area contributed by atoms with E-state index in [1.807, 2.05) is 0 Å². The van der Waals surface area contributed by atoms with E-state index in [1.54, 1.807) is 0 Å². The molecule has 0 radical (unpaired) electrons. The van der Waals surface area contributed by atoms with Crippen LogP contribution in [-0.4, -0.2) is 11.7 Å². The first-order chi connectivity index (χ1) is 5.20. The zero-order valence-corrected chi connectivity index (χ0v) is 7.38. The van der Waals surface area contributed by atoms with Gasteiger partial charge in [0.1, 0.15) is 0 Å². The Labute approximate surface area is 68.8 Å². The first-order valence-electron chi connectivity index (χ1n) is 4.21. The van der Waals surface area contributed by atoms with Gasteiger partial charge < -0.3 is 5.11 Å². The van der Waals surface area contributed by atoms with Crippen molar-refractivity contribution >= 4 is 0 Å². The van der Waals surface area contributed by atoms with E-state index in [4.69, 9.17) is 10.4 Å². The molecule has 0 aliphatic rings. The average molecular weight is 155 g/mol. The van der Waals surface area contributed by atoms with Gasteiger partial charge in [-0.1, -0.05) is 26.7 Å². The molecule has 0 aliphatic carbocycles. The molecule has 0 aromatic carbocycles. The minimum atomic E-state index is -0.145. The van der Waals surface area contributed by atoms with Gasteiger partial charge in [-0.3, -0.25) is 0 Å². The Bertz CT molecular complexity index is 126. The Balaban J connectivity index is 3.30. The molecule has 2 nitrogen and oxygen atoms in total. The van der Waals surface area contributed by atoms with Crippen molar-refractivity contribution in [1.29, 1.82) is 5.26 Å². The third kappa shape index (κ3) is 5.87. The number of aliphatic hydroxyl groups excluding tert-OH is 1. The topological polar surface area (TPSA) is 44.0 Å². The first kappa shape index (κ1) is 10.4. The van der Waals surface area contributed by atoms with Gasteiger partial charge in [0.25, 0.3) is 0 Å². The zero-order valence-electron chi connectivity index (χ0n) is 7.38. The molecule has 0 heterocycles. The summed E-state index contributed by atoms with van der Waals surface area (Å²) in [5, 5.41) is 17.2. The van der Waals surface area contributed by atoms with Crippen LogP contribution in [0.1, 0.15) is 33.1 Å². The summed E-state index contributed by atoms with van der Waals surface area (Å²) >= 11 is 0. The number of hydrogen-bond acceptors (Lipinski definition) is 2. The Morgan fingerprint density at radius 2 is 2.00 bits per heavy atom. The van der Waals surface area contributed by atoms with E-state index in [0.717, 1.165) is 19.3 Å². The van der Waals surface area contributed by atoms with Crippen LogP contribution in [0.15, 0.2) is 0 Å². The number of rotatable bonds is 5. The lowest BCUT2D eigenvalue weighted by molar-refractivity contribution is 0.245. The van der Waals surface area contributed by atoms with Crippen LogP contribution in [0, 0.1) is 23.2 Å². The monoisotopic (exact) mass is 155 g/mol. The predicted octanol–water partition coefficient (Wildman–Crippen LogP) is 1.94. The maximum atomic E-state index is 8.67. The Morgan fingerprint density at radius 3 is 2.36 bits per heavy atom. The highest BCUT2D eigenvalue weighted by Crippen LogP contribution is 2.11. The van der Waals surface area contributed by atoms with Crippen molar-refractivity contribution in [2.75, 3.05) is 6.61 Å². The second-order valence-electron chi connectivity index (χ2n) is 3.33. The van der Waals surface area contributed by atoms with Gasteiger partial charge >= 0.3 is 0 Å². The molecule has 0 spiro atoms. The fourth-order valence-corrected chi connectivity index (χ4v) is 0.969. The van der Waals surface area contributed by atoms with Crippen molar-refractivity contribution in [3.63, 3.8) is 0 Å². The van der Waals surface area contributed by atoms with Gasteiger partial charge in [-0.25, -0.2) is 0 Å². The van der Waals surface area contributed by atoms with Crippen molar-refractivity contribution in [3.05, 3.63) is 0 Å². The number of hydrogen-bond donors (Lipinski definition) is 1. The lowest BCUT2D eigenvalue weighted by atomic mass is 10.0. The lowest BCUT2D eigenvalue weighted by Gasteiger charge is -2.06. The molecule has 11 heavy (non-hydrogen) atoms. The second-order valence-corrected chi connectivity index (χ2v) is 3.33. The normalized spacial score (nSPS) is 13.0. The van der Waals surface area contributed by atoms with Crippen LogP contribution in [0.3, 0.4) is 0 Å². The summed E-state index contributed by atoms with van der Waals surface area (Å²) in [5.74, 6) is 0.557. The van der Waals surface area contributed by atoms with Crippen LogP contribution >= 0.6 is 0 Å². The number of nitriles is 1. The van der Waals surface area contributed by atoms with Gasteiger partial charge in [0.2, 0.25) is 0 Å². The van der Waals surface area contributed by atoms with Crippen molar-refractivity contribution in [2.24, 2.45) is 11.8 Å². The van der Waals surface area contributed by atoms with Crippen molar-refractivity contribution < 1.29 is 5.11 Å². The maximum absolute atomic E-state index is 8.67. The first-order valence-corrected chi connectivity index (χ1v) is 4.21. The molecule has 2 heteroatoms. The zero-order chi connectivity index (χ0) is 8.69. The fraction of sp³-hybridized carbons (Fsp3) is 0.889. The highest BCUT2D eigenvalue weighted by molar-refractivity contribution is 4.81. The molecule has 64 valence electrons. The van der Waals surface area contributed by atoms with Gasteiger partial charge in [0.15, 0.2) is 0 Å². The van der Waals surface area contributed by atoms with Crippen LogP contribution < -0.4 is 0 Å². The Hall–Kier alpha value is -0.550. The van der Waals surface area contributed by atoms with E-state index in [0.29, 0.717) is 5.92 Å². The van der Waals surface area contributed by atoms with Crippen LogP contribution in [0.25, 0.3) is 0 Å². The van der Waals surface area contributed by atoms with E-state index in [9.17, 15) is 0 Å². The summed E-state index contributed by atoms with van der Waals surface area (Å²) < 4.78 is 0. The summed E-state index contributed by atoms with van der Waals surface area (Å²) in [7, 11) is 0. The second kappa shape index (κ2) is 6.18. The largest absolute Gasteiger partial charge is 0.395 e.